The van der Waals surface area contributed by atoms with E-state index < -0.39 is 12.1 Å². The molecule has 0 aliphatic heterocycles. The number of aromatic hydroxyl groups is 1. The van der Waals surface area contributed by atoms with E-state index in [9.17, 15) is 18.0 Å². The standard InChI is InChI=1S/C10H10F3NO2/c1-14(9(16)10(11,12)13)6-7-3-2-4-8(15)5-7/h2-5,15H,6H2,1H3. The maximum Gasteiger partial charge on any atom is 0.471 e. The van der Waals surface area contributed by atoms with Gasteiger partial charge in [-0.15, -0.1) is 0 Å². The van der Waals surface area contributed by atoms with E-state index in [4.69, 9.17) is 5.11 Å². The van der Waals surface area contributed by atoms with E-state index in [-0.39, 0.29) is 12.3 Å². The van der Waals surface area contributed by atoms with E-state index >= 15 is 0 Å². The topological polar surface area (TPSA) is 40.5 Å². The van der Waals surface area contributed by atoms with Crippen LogP contribution >= 0.6 is 0 Å². The van der Waals surface area contributed by atoms with Crippen molar-refractivity contribution in [3.8, 4) is 5.75 Å². The molecule has 1 N–H and O–H groups in total. The fraction of sp³-hybridized carbons (Fsp3) is 0.300. The van der Waals surface area contributed by atoms with E-state index in [1.165, 1.54) is 24.3 Å². The number of carbonyl (C=O) groups excluding carboxylic acids is 1. The van der Waals surface area contributed by atoms with Gasteiger partial charge in [0.2, 0.25) is 0 Å². The minimum absolute atomic E-state index is 0.0506. The van der Waals surface area contributed by atoms with Gasteiger partial charge in [0.05, 0.1) is 0 Å². The Kier molecular flexibility index (Phi) is 3.41. The fourth-order valence-corrected chi connectivity index (χ4v) is 1.22. The molecule has 1 aromatic carbocycles. The molecule has 3 nitrogen and oxygen atoms in total. The summed E-state index contributed by atoms with van der Waals surface area (Å²) in [5, 5.41) is 9.10. The van der Waals surface area contributed by atoms with Crippen LogP contribution in [0.15, 0.2) is 24.3 Å². The molecular weight excluding hydrogens is 223 g/mol. The number of halogens is 3. The third-order valence-electron chi connectivity index (χ3n) is 1.92. The van der Waals surface area contributed by atoms with Crippen LogP contribution in [0.2, 0.25) is 0 Å². The zero-order chi connectivity index (χ0) is 12.3. The summed E-state index contributed by atoms with van der Waals surface area (Å²) in [7, 11) is 1.06. The van der Waals surface area contributed by atoms with Gasteiger partial charge in [-0.05, 0) is 17.7 Å². The Morgan fingerprint density at radius 2 is 2.06 bits per heavy atom. The first-order valence-electron chi connectivity index (χ1n) is 4.41. The Morgan fingerprint density at radius 1 is 1.44 bits per heavy atom. The molecule has 0 saturated carbocycles. The molecule has 1 amide bonds. The molecule has 0 aromatic heterocycles. The molecule has 0 aliphatic carbocycles. The van der Waals surface area contributed by atoms with Gasteiger partial charge in [0.1, 0.15) is 5.75 Å². The highest BCUT2D eigenvalue weighted by Crippen LogP contribution is 2.19. The molecule has 1 aromatic rings. The van der Waals surface area contributed by atoms with Gasteiger partial charge in [-0.3, -0.25) is 4.79 Å². The normalized spacial score (nSPS) is 11.2. The lowest BCUT2D eigenvalue weighted by molar-refractivity contribution is -0.184. The lowest BCUT2D eigenvalue weighted by Crippen LogP contribution is -2.37. The molecule has 0 fully saturated rings. The Labute approximate surface area is 90.1 Å². The highest BCUT2D eigenvalue weighted by Gasteiger charge is 2.41. The van der Waals surface area contributed by atoms with Gasteiger partial charge in [0.15, 0.2) is 0 Å². The summed E-state index contributed by atoms with van der Waals surface area (Å²) in [6.07, 6.45) is -4.87. The second kappa shape index (κ2) is 4.42. The van der Waals surface area contributed by atoms with Gasteiger partial charge < -0.3 is 10.0 Å². The average Bonchev–Trinajstić information content (AvgIpc) is 2.15. The summed E-state index contributed by atoms with van der Waals surface area (Å²) in [4.78, 5) is 11.3. The third-order valence-corrected chi connectivity index (χ3v) is 1.92. The van der Waals surface area contributed by atoms with Crippen molar-refractivity contribution in [2.75, 3.05) is 7.05 Å². The van der Waals surface area contributed by atoms with Crippen LogP contribution in [0.5, 0.6) is 5.75 Å². The predicted molar refractivity (Wildman–Crippen MR) is 50.6 cm³/mol. The number of nitrogens with zero attached hydrogens (tertiary/aromatic N) is 1. The van der Waals surface area contributed by atoms with Gasteiger partial charge >= 0.3 is 12.1 Å². The van der Waals surface area contributed by atoms with Crippen LogP contribution in [0.1, 0.15) is 5.56 Å². The Hall–Kier alpha value is -1.72. The second-order valence-electron chi connectivity index (χ2n) is 3.33. The smallest absolute Gasteiger partial charge is 0.471 e. The Morgan fingerprint density at radius 3 is 2.56 bits per heavy atom. The van der Waals surface area contributed by atoms with E-state index in [1.807, 2.05) is 0 Å². The van der Waals surface area contributed by atoms with Gasteiger partial charge in [-0.2, -0.15) is 13.2 Å². The highest BCUT2D eigenvalue weighted by atomic mass is 19.4. The number of alkyl halides is 3. The summed E-state index contributed by atoms with van der Waals surface area (Å²) >= 11 is 0. The van der Waals surface area contributed by atoms with Crippen LogP contribution in [0, 0.1) is 0 Å². The van der Waals surface area contributed by atoms with Crippen LogP contribution in [0.4, 0.5) is 13.2 Å². The number of amides is 1. The number of carbonyl (C=O) groups is 1. The van der Waals surface area contributed by atoms with Crippen LogP contribution in [-0.4, -0.2) is 29.1 Å². The van der Waals surface area contributed by atoms with Gasteiger partial charge in [-0.25, -0.2) is 0 Å². The molecule has 0 aliphatic rings. The number of hydrogen-bond acceptors (Lipinski definition) is 2. The summed E-state index contributed by atoms with van der Waals surface area (Å²) in [5.74, 6) is -1.96. The number of phenols is 1. The molecular formula is C10H10F3NO2. The van der Waals surface area contributed by atoms with Crippen LogP contribution in [0.25, 0.3) is 0 Å². The SMILES string of the molecule is CN(Cc1cccc(O)c1)C(=O)C(F)(F)F. The average molecular weight is 233 g/mol. The summed E-state index contributed by atoms with van der Waals surface area (Å²) < 4.78 is 36.1. The monoisotopic (exact) mass is 233 g/mol. The zero-order valence-corrected chi connectivity index (χ0v) is 8.45. The molecule has 88 valence electrons. The number of rotatable bonds is 2. The summed E-state index contributed by atoms with van der Waals surface area (Å²) in [6.45, 7) is -0.202. The molecule has 6 heteroatoms. The number of phenolic OH excluding ortho intramolecular Hbond substituents is 1. The lowest BCUT2D eigenvalue weighted by atomic mass is 10.2. The van der Waals surface area contributed by atoms with E-state index in [0.29, 0.717) is 10.5 Å². The molecule has 16 heavy (non-hydrogen) atoms. The Bertz CT molecular complexity index is 390. The van der Waals surface area contributed by atoms with E-state index in [2.05, 4.69) is 0 Å². The number of benzene rings is 1. The zero-order valence-electron chi connectivity index (χ0n) is 8.45. The third kappa shape index (κ3) is 3.15. The predicted octanol–water partition coefficient (Wildman–Crippen LogP) is 1.91. The van der Waals surface area contributed by atoms with Crippen molar-refractivity contribution in [2.45, 2.75) is 12.7 Å². The van der Waals surface area contributed by atoms with Gasteiger partial charge in [0, 0.05) is 13.6 Å². The highest BCUT2D eigenvalue weighted by molar-refractivity contribution is 5.81. The van der Waals surface area contributed by atoms with Gasteiger partial charge in [0.25, 0.3) is 0 Å². The molecule has 0 heterocycles. The van der Waals surface area contributed by atoms with E-state index in [1.54, 1.807) is 0 Å². The molecule has 0 saturated heterocycles. The quantitative estimate of drug-likeness (QED) is 0.847. The molecule has 0 bridgehead atoms. The first kappa shape index (κ1) is 12.4. The molecule has 0 spiro atoms. The van der Waals surface area contributed by atoms with Crippen molar-refractivity contribution < 1.29 is 23.1 Å². The maximum atomic E-state index is 12.0. The van der Waals surface area contributed by atoms with Crippen molar-refractivity contribution in [3.05, 3.63) is 29.8 Å². The minimum Gasteiger partial charge on any atom is -0.508 e. The maximum absolute atomic E-state index is 12.0. The van der Waals surface area contributed by atoms with Crippen LogP contribution in [-0.2, 0) is 11.3 Å². The van der Waals surface area contributed by atoms with Crippen molar-refractivity contribution in [3.63, 3.8) is 0 Å². The van der Waals surface area contributed by atoms with Crippen LogP contribution < -0.4 is 0 Å². The second-order valence-corrected chi connectivity index (χ2v) is 3.33. The molecule has 0 unspecified atom stereocenters. The first-order chi connectivity index (χ1) is 7.30. The van der Waals surface area contributed by atoms with Crippen molar-refractivity contribution in [1.29, 1.82) is 0 Å². The molecule has 0 atom stereocenters. The molecule has 1 rings (SSSR count). The van der Waals surface area contributed by atoms with Crippen molar-refractivity contribution >= 4 is 5.91 Å². The fourth-order valence-electron chi connectivity index (χ4n) is 1.22. The summed E-state index contributed by atoms with van der Waals surface area (Å²) in [5.41, 5.74) is 0.431. The first-order valence-corrected chi connectivity index (χ1v) is 4.41. The van der Waals surface area contributed by atoms with Crippen molar-refractivity contribution in [2.24, 2.45) is 0 Å². The number of hydrogen-bond donors (Lipinski definition) is 1. The van der Waals surface area contributed by atoms with Gasteiger partial charge in [-0.1, -0.05) is 12.1 Å². The minimum atomic E-state index is -4.87. The van der Waals surface area contributed by atoms with E-state index in [0.717, 1.165) is 7.05 Å². The largest absolute Gasteiger partial charge is 0.508 e. The van der Waals surface area contributed by atoms with Crippen LogP contribution in [0.3, 0.4) is 0 Å². The lowest BCUT2D eigenvalue weighted by Gasteiger charge is -2.18. The summed E-state index contributed by atoms with van der Waals surface area (Å²) in [6, 6.07) is 5.73. The molecule has 0 radical (unpaired) electrons. The van der Waals surface area contributed by atoms with Crippen molar-refractivity contribution in [1.82, 2.24) is 4.90 Å². The Balaban J connectivity index is 2.72.